The molecule has 0 aromatic heterocycles. The van der Waals surface area contributed by atoms with Crippen LogP contribution in [0.2, 0.25) is 0 Å². The number of nitro groups is 1. The van der Waals surface area contributed by atoms with Crippen LogP contribution in [0.3, 0.4) is 0 Å². The number of hydrogen-bond acceptors (Lipinski definition) is 4. The first-order valence-electron chi connectivity index (χ1n) is 6.06. The number of nitrogens with zero attached hydrogens (tertiary/aromatic N) is 1. The molecule has 0 saturated heterocycles. The van der Waals surface area contributed by atoms with Gasteiger partial charge in [0.1, 0.15) is 5.75 Å². The van der Waals surface area contributed by atoms with E-state index in [1.165, 1.54) is 6.07 Å². The Balaban J connectivity index is 2.41. The van der Waals surface area contributed by atoms with Crippen LogP contribution in [0.25, 0.3) is 0 Å². The van der Waals surface area contributed by atoms with Crippen molar-refractivity contribution in [3.63, 3.8) is 0 Å². The van der Waals surface area contributed by atoms with Crippen molar-refractivity contribution in [2.24, 2.45) is 5.73 Å². The van der Waals surface area contributed by atoms with Gasteiger partial charge in [-0.25, -0.2) is 0 Å². The summed E-state index contributed by atoms with van der Waals surface area (Å²) in [6.45, 7) is 1.88. The fourth-order valence-electron chi connectivity index (χ4n) is 1.74. The number of nitrogens with two attached hydrogens (primary N) is 1. The van der Waals surface area contributed by atoms with Gasteiger partial charge in [0.05, 0.1) is 13.9 Å². The Morgan fingerprint density at radius 3 is 2.52 bits per heavy atom. The second-order valence-corrected chi connectivity index (χ2v) is 6.13. The summed E-state index contributed by atoms with van der Waals surface area (Å²) < 4.78 is 6.89. The standard InChI is InChI=1S/C14H12Br2N2O3/c1-8(17)9-5-6-13(11(16)7-9)21-14-10(15)3-2-4-12(14)18(19)20/h2-8H,17H2,1H3/t8-/m1/s1. The highest BCUT2D eigenvalue weighted by Crippen LogP contribution is 2.40. The molecule has 2 aromatic rings. The zero-order valence-corrected chi connectivity index (χ0v) is 14.2. The van der Waals surface area contributed by atoms with Gasteiger partial charge in [-0.3, -0.25) is 10.1 Å². The van der Waals surface area contributed by atoms with Gasteiger partial charge < -0.3 is 10.5 Å². The lowest BCUT2D eigenvalue weighted by Crippen LogP contribution is -2.04. The van der Waals surface area contributed by atoms with Crippen molar-refractivity contribution in [3.8, 4) is 11.5 Å². The van der Waals surface area contributed by atoms with Crippen LogP contribution in [0.5, 0.6) is 11.5 Å². The van der Waals surface area contributed by atoms with Gasteiger partial charge in [0.25, 0.3) is 0 Å². The van der Waals surface area contributed by atoms with Crippen LogP contribution >= 0.6 is 31.9 Å². The number of nitro benzene ring substituents is 1. The summed E-state index contributed by atoms with van der Waals surface area (Å²) in [5, 5.41) is 11.1. The monoisotopic (exact) mass is 414 g/mol. The predicted octanol–water partition coefficient (Wildman–Crippen LogP) is 4.93. The average molecular weight is 416 g/mol. The fraction of sp³-hybridized carbons (Fsp3) is 0.143. The maximum absolute atomic E-state index is 11.1. The highest BCUT2D eigenvalue weighted by molar-refractivity contribution is 9.11. The molecule has 110 valence electrons. The van der Waals surface area contributed by atoms with Crippen LogP contribution in [0.4, 0.5) is 5.69 Å². The Hall–Kier alpha value is -1.44. The lowest BCUT2D eigenvalue weighted by atomic mass is 10.1. The van der Waals surface area contributed by atoms with E-state index in [4.69, 9.17) is 10.5 Å². The maximum atomic E-state index is 11.1. The van der Waals surface area contributed by atoms with E-state index in [9.17, 15) is 10.1 Å². The van der Waals surface area contributed by atoms with E-state index >= 15 is 0 Å². The normalized spacial score (nSPS) is 12.0. The van der Waals surface area contributed by atoms with Crippen molar-refractivity contribution < 1.29 is 9.66 Å². The number of benzene rings is 2. The van der Waals surface area contributed by atoms with Gasteiger partial charge in [-0.15, -0.1) is 0 Å². The third kappa shape index (κ3) is 3.61. The van der Waals surface area contributed by atoms with Gasteiger partial charge in [-0.05, 0) is 62.5 Å². The SMILES string of the molecule is C[C@@H](N)c1ccc(Oc2c(Br)cccc2[N+](=O)[O-])c(Br)c1. The minimum Gasteiger partial charge on any atom is -0.448 e. The Morgan fingerprint density at radius 1 is 1.24 bits per heavy atom. The largest absolute Gasteiger partial charge is 0.448 e. The second kappa shape index (κ2) is 6.55. The molecular weight excluding hydrogens is 404 g/mol. The summed E-state index contributed by atoms with van der Waals surface area (Å²) in [5.41, 5.74) is 6.65. The Bertz CT molecular complexity index is 690. The van der Waals surface area contributed by atoms with Crippen molar-refractivity contribution in [3.05, 3.63) is 61.0 Å². The van der Waals surface area contributed by atoms with Crippen molar-refractivity contribution in [2.45, 2.75) is 13.0 Å². The Morgan fingerprint density at radius 2 is 1.95 bits per heavy atom. The van der Waals surface area contributed by atoms with Crippen LogP contribution in [0, 0.1) is 10.1 Å². The van der Waals surface area contributed by atoms with Gasteiger partial charge in [0.15, 0.2) is 0 Å². The van der Waals surface area contributed by atoms with E-state index in [2.05, 4.69) is 31.9 Å². The summed E-state index contributed by atoms with van der Waals surface area (Å²) in [6, 6.07) is 9.95. The van der Waals surface area contributed by atoms with Crippen LogP contribution in [0.15, 0.2) is 45.3 Å². The van der Waals surface area contributed by atoms with E-state index in [0.717, 1.165) is 5.56 Å². The molecule has 0 heterocycles. The smallest absolute Gasteiger partial charge is 0.312 e. The molecule has 21 heavy (non-hydrogen) atoms. The van der Waals surface area contributed by atoms with E-state index in [1.54, 1.807) is 18.2 Å². The molecule has 0 bridgehead atoms. The molecule has 2 rings (SSSR count). The highest BCUT2D eigenvalue weighted by Gasteiger charge is 2.19. The second-order valence-electron chi connectivity index (χ2n) is 4.43. The number of rotatable bonds is 4. The van der Waals surface area contributed by atoms with Gasteiger partial charge in [0, 0.05) is 12.1 Å². The third-order valence-corrected chi connectivity index (χ3v) is 4.08. The van der Waals surface area contributed by atoms with Crippen molar-refractivity contribution in [1.82, 2.24) is 0 Å². The Labute approximate surface area is 138 Å². The van der Waals surface area contributed by atoms with Crippen molar-refractivity contribution in [1.29, 1.82) is 0 Å². The lowest BCUT2D eigenvalue weighted by Gasteiger charge is -2.12. The van der Waals surface area contributed by atoms with Gasteiger partial charge >= 0.3 is 5.69 Å². The molecule has 0 saturated carbocycles. The first-order chi connectivity index (χ1) is 9.90. The molecule has 2 aromatic carbocycles. The van der Waals surface area contributed by atoms with Gasteiger partial charge in [-0.1, -0.05) is 12.1 Å². The lowest BCUT2D eigenvalue weighted by molar-refractivity contribution is -0.385. The molecule has 0 aliphatic heterocycles. The molecule has 1 atom stereocenters. The molecule has 0 aliphatic carbocycles. The molecule has 0 spiro atoms. The molecular formula is C14H12Br2N2O3. The van der Waals surface area contributed by atoms with E-state index in [0.29, 0.717) is 14.7 Å². The zero-order valence-electron chi connectivity index (χ0n) is 11.0. The minimum atomic E-state index is -0.482. The summed E-state index contributed by atoms with van der Waals surface area (Å²) in [4.78, 5) is 10.6. The van der Waals surface area contributed by atoms with Crippen LogP contribution < -0.4 is 10.5 Å². The highest BCUT2D eigenvalue weighted by atomic mass is 79.9. The van der Waals surface area contributed by atoms with E-state index < -0.39 is 4.92 Å². The number of hydrogen-bond donors (Lipinski definition) is 1. The van der Waals surface area contributed by atoms with Crippen LogP contribution in [-0.2, 0) is 0 Å². The maximum Gasteiger partial charge on any atom is 0.312 e. The molecule has 0 unspecified atom stereocenters. The average Bonchev–Trinajstić information content (AvgIpc) is 2.42. The topological polar surface area (TPSA) is 78.4 Å². The number of ether oxygens (including phenoxy) is 1. The third-order valence-electron chi connectivity index (χ3n) is 2.84. The Kier molecular flexibility index (Phi) is 4.97. The predicted molar refractivity (Wildman–Crippen MR) is 87.6 cm³/mol. The fourth-order valence-corrected chi connectivity index (χ4v) is 2.65. The van der Waals surface area contributed by atoms with Crippen LogP contribution in [0.1, 0.15) is 18.5 Å². The zero-order chi connectivity index (χ0) is 15.6. The minimum absolute atomic E-state index is 0.104. The van der Waals surface area contributed by atoms with Gasteiger partial charge in [0.2, 0.25) is 5.75 Å². The summed E-state index contributed by atoms with van der Waals surface area (Å²) >= 11 is 6.66. The number of para-hydroxylation sites is 1. The molecule has 2 N–H and O–H groups in total. The first-order valence-corrected chi connectivity index (χ1v) is 7.64. The molecule has 0 fully saturated rings. The quantitative estimate of drug-likeness (QED) is 0.567. The molecule has 0 radical (unpaired) electrons. The van der Waals surface area contributed by atoms with E-state index in [1.807, 2.05) is 19.1 Å². The summed E-state index contributed by atoms with van der Waals surface area (Å²) in [6.07, 6.45) is 0. The summed E-state index contributed by atoms with van der Waals surface area (Å²) in [7, 11) is 0. The molecule has 7 heteroatoms. The van der Waals surface area contributed by atoms with E-state index in [-0.39, 0.29) is 17.5 Å². The van der Waals surface area contributed by atoms with Crippen LogP contribution in [-0.4, -0.2) is 4.92 Å². The van der Waals surface area contributed by atoms with Crippen molar-refractivity contribution in [2.75, 3.05) is 0 Å². The molecule has 0 amide bonds. The van der Waals surface area contributed by atoms with Gasteiger partial charge in [-0.2, -0.15) is 0 Å². The molecule has 0 aliphatic rings. The first kappa shape index (κ1) is 15.9. The summed E-state index contributed by atoms with van der Waals surface area (Å²) in [5.74, 6) is 0.645. The van der Waals surface area contributed by atoms with Crippen molar-refractivity contribution >= 4 is 37.5 Å². The number of halogens is 2. The molecule has 5 nitrogen and oxygen atoms in total.